The molecule has 0 radical (unpaired) electrons. The fourth-order valence-electron chi connectivity index (χ4n) is 3.50. The molecule has 4 rings (SSSR count). The maximum absolute atomic E-state index is 6.21. The molecular weight excluding hydrogens is 340 g/mol. The Balaban J connectivity index is 1.49. The van der Waals surface area contributed by atoms with Crippen molar-refractivity contribution >= 4 is 0 Å². The Labute approximate surface area is 161 Å². The smallest absolute Gasteiger partial charge is 0.232 e. The molecule has 0 atom stereocenters. The van der Waals surface area contributed by atoms with E-state index >= 15 is 0 Å². The molecule has 146 valence electrons. The van der Waals surface area contributed by atoms with Crippen molar-refractivity contribution in [1.82, 2.24) is 20.0 Å². The zero-order chi connectivity index (χ0) is 18.9. The van der Waals surface area contributed by atoms with E-state index in [4.69, 9.17) is 9.26 Å². The Bertz CT molecular complexity index is 771. The normalized spacial score (nSPS) is 18.6. The molecule has 2 aromatic rings. The first-order valence-electron chi connectivity index (χ1n) is 10.2. The molecule has 1 aliphatic heterocycles. The summed E-state index contributed by atoms with van der Waals surface area (Å²) in [5.41, 5.74) is 1.76. The topological polar surface area (TPSA) is 64.3 Å². The number of piperidine rings is 1. The van der Waals surface area contributed by atoms with Crippen LogP contribution in [0.4, 0.5) is 0 Å². The molecule has 2 aromatic heterocycles. The highest BCUT2D eigenvalue weighted by molar-refractivity contribution is 5.54. The fourth-order valence-corrected chi connectivity index (χ4v) is 3.50. The fraction of sp³-hybridized carbons (Fsp3) is 0.667. The number of hydrogen-bond acceptors (Lipinski definition) is 6. The summed E-state index contributed by atoms with van der Waals surface area (Å²) in [5.74, 6) is 2.68. The van der Waals surface area contributed by atoms with Crippen LogP contribution in [0.15, 0.2) is 16.8 Å². The number of nitrogens with zero attached hydrogens (tertiary/aromatic N) is 4. The summed E-state index contributed by atoms with van der Waals surface area (Å²) >= 11 is 0. The quantitative estimate of drug-likeness (QED) is 0.760. The predicted molar refractivity (Wildman–Crippen MR) is 104 cm³/mol. The van der Waals surface area contributed by atoms with Crippen LogP contribution in [0.1, 0.15) is 70.2 Å². The van der Waals surface area contributed by atoms with Gasteiger partial charge in [-0.2, -0.15) is 4.98 Å². The minimum atomic E-state index is -0.174. The molecule has 0 aromatic carbocycles. The van der Waals surface area contributed by atoms with Gasteiger partial charge in [0.2, 0.25) is 11.7 Å². The van der Waals surface area contributed by atoms with Gasteiger partial charge in [0, 0.05) is 29.8 Å². The Morgan fingerprint density at radius 2 is 1.96 bits per heavy atom. The Morgan fingerprint density at radius 3 is 2.63 bits per heavy atom. The average Bonchev–Trinajstić information content (AvgIpc) is 3.36. The summed E-state index contributed by atoms with van der Waals surface area (Å²) in [5, 5.41) is 4.13. The van der Waals surface area contributed by atoms with Gasteiger partial charge in [0.25, 0.3) is 0 Å². The molecule has 6 nitrogen and oxygen atoms in total. The lowest BCUT2D eigenvalue weighted by Gasteiger charge is -2.26. The van der Waals surface area contributed by atoms with Crippen LogP contribution in [0.2, 0.25) is 0 Å². The van der Waals surface area contributed by atoms with Crippen molar-refractivity contribution in [3.63, 3.8) is 0 Å². The molecule has 0 spiro atoms. The van der Waals surface area contributed by atoms with Gasteiger partial charge in [-0.1, -0.05) is 32.3 Å². The van der Waals surface area contributed by atoms with Crippen molar-refractivity contribution in [2.45, 2.75) is 64.2 Å². The lowest BCUT2D eigenvalue weighted by Crippen LogP contribution is -2.33. The van der Waals surface area contributed by atoms with Crippen molar-refractivity contribution in [2.24, 2.45) is 0 Å². The zero-order valence-electron chi connectivity index (χ0n) is 16.7. The highest BCUT2D eigenvalue weighted by atomic mass is 16.5. The van der Waals surface area contributed by atoms with Gasteiger partial charge in [-0.15, -0.1) is 0 Å². The predicted octanol–water partition coefficient (Wildman–Crippen LogP) is 4.17. The first kappa shape index (κ1) is 18.4. The van der Waals surface area contributed by atoms with Crippen LogP contribution in [-0.2, 0) is 5.41 Å². The standard InChI is InChI=1S/C21H30N4O2/c1-21(2,3)20-23-19(24-27-20)17-13-18(16(14-22-17)15-7-8-15)26-12-11-25-9-5-4-6-10-25/h13-15H,4-12H2,1-3H3. The average molecular weight is 370 g/mol. The van der Waals surface area contributed by atoms with E-state index in [0.29, 0.717) is 29.9 Å². The molecule has 1 saturated carbocycles. The third kappa shape index (κ3) is 4.49. The first-order chi connectivity index (χ1) is 13.0. The highest BCUT2D eigenvalue weighted by Gasteiger charge is 2.29. The van der Waals surface area contributed by atoms with Gasteiger partial charge in [0.15, 0.2) is 0 Å². The maximum Gasteiger partial charge on any atom is 0.232 e. The summed E-state index contributed by atoms with van der Waals surface area (Å²) in [6, 6.07) is 1.99. The summed E-state index contributed by atoms with van der Waals surface area (Å²) in [6.07, 6.45) is 8.36. The monoisotopic (exact) mass is 370 g/mol. The van der Waals surface area contributed by atoms with E-state index in [1.165, 1.54) is 50.8 Å². The summed E-state index contributed by atoms with van der Waals surface area (Å²) in [7, 11) is 0. The van der Waals surface area contributed by atoms with Crippen molar-refractivity contribution in [3.8, 4) is 17.3 Å². The number of aromatic nitrogens is 3. The van der Waals surface area contributed by atoms with Crippen molar-refractivity contribution < 1.29 is 9.26 Å². The first-order valence-corrected chi connectivity index (χ1v) is 10.2. The van der Waals surface area contributed by atoms with Crippen molar-refractivity contribution in [1.29, 1.82) is 0 Å². The highest BCUT2D eigenvalue weighted by Crippen LogP contribution is 2.44. The second-order valence-electron chi connectivity index (χ2n) is 8.81. The minimum Gasteiger partial charge on any atom is -0.492 e. The second-order valence-corrected chi connectivity index (χ2v) is 8.81. The lowest BCUT2D eigenvalue weighted by atomic mass is 9.97. The van der Waals surface area contributed by atoms with Crippen molar-refractivity contribution in [3.05, 3.63) is 23.7 Å². The van der Waals surface area contributed by atoms with Gasteiger partial charge in [-0.05, 0) is 44.7 Å². The molecule has 0 bridgehead atoms. The molecule has 1 saturated heterocycles. The Kier molecular flexibility index (Phi) is 5.17. The molecule has 2 fully saturated rings. The van der Waals surface area contributed by atoms with E-state index in [9.17, 15) is 0 Å². The Hall–Kier alpha value is -1.95. The second kappa shape index (κ2) is 7.58. The summed E-state index contributed by atoms with van der Waals surface area (Å²) < 4.78 is 11.6. The Morgan fingerprint density at radius 1 is 1.19 bits per heavy atom. The molecular formula is C21H30N4O2. The minimum absolute atomic E-state index is 0.174. The molecule has 0 unspecified atom stereocenters. The molecule has 1 aliphatic carbocycles. The molecule has 27 heavy (non-hydrogen) atoms. The molecule has 0 N–H and O–H groups in total. The van der Waals surface area contributed by atoms with Crippen LogP contribution in [-0.4, -0.2) is 46.3 Å². The van der Waals surface area contributed by atoms with Crippen LogP contribution in [0.25, 0.3) is 11.5 Å². The largest absolute Gasteiger partial charge is 0.492 e. The SMILES string of the molecule is CC(C)(C)c1nc(-c2cc(OCCN3CCCCC3)c(C3CC3)cn2)no1. The molecule has 6 heteroatoms. The number of ether oxygens (including phenoxy) is 1. The van der Waals surface area contributed by atoms with Crippen LogP contribution in [0.5, 0.6) is 5.75 Å². The lowest BCUT2D eigenvalue weighted by molar-refractivity contribution is 0.182. The van der Waals surface area contributed by atoms with Gasteiger partial charge in [-0.25, -0.2) is 0 Å². The number of likely N-dealkylation sites (tertiary alicyclic amines) is 1. The van der Waals surface area contributed by atoms with Crippen LogP contribution >= 0.6 is 0 Å². The van der Waals surface area contributed by atoms with Gasteiger partial charge < -0.3 is 9.26 Å². The van der Waals surface area contributed by atoms with Crippen LogP contribution in [0, 0.1) is 0 Å². The van der Waals surface area contributed by atoms with Gasteiger partial charge in [0.05, 0.1) is 0 Å². The summed E-state index contributed by atoms with van der Waals surface area (Å²) in [6.45, 7) is 10.3. The third-order valence-electron chi connectivity index (χ3n) is 5.32. The molecule has 3 heterocycles. The van der Waals surface area contributed by atoms with E-state index in [1.807, 2.05) is 12.3 Å². The van der Waals surface area contributed by atoms with Crippen LogP contribution < -0.4 is 4.74 Å². The number of rotatable bonds is 6. The maximum atomic E-state index is 6.21. The summed E-state index contributed by atoms with van der Waals surface area (Å²) in [4.78, 5) is 11.6. The van der Waals surface area contributed by atoms with Crippen molar-refractivity contribution in [2.75, 3.05) is 26.2 Å². The molecule has 2 aliphatic rings. The van der Waals surface area contributed by atoms with Gasteiger partial charge in [0.1, 0.15) is 18.1 Å². The number of hydrogen-bond donors (Lipinski definition) is 0. The van der Waals surface area contributed by atoms with E-state index in [1.54, 1.807) is 0 Å². The zero-order valence-corrected chi connectivity index (χ0v) is 16.7. The molecule has 0 amide bonds. The van der Waals surface area contributed by atoms with E-state index in [2.05, 4.69) is 40.8 Å². The van der Waals surface area contributed by atoms with E-state index in [0.717, 1.165) is 12.3 Å². The van der Waals surface area contributed by atoms with E-state index in [-0.39, 0.29) is 5.41 Å². The van der Waals surface area contributed by atoms with Gasteiger partial charge >= 0.3 is 0 Å². The van der Waals surface area contributed by atoms with Gasteiger partial charge in [-0.3, -0.25) is 9.88 Å². The van der Waals surface area contributed by atoms with E-state index < -0.39 is 0 Å². The van der Waals surface area contributed by atoms with Crippen LogP contribution in [0.3, 0.4) is 0 Å². The number of pyridine rings is 1. The third-order valence-corrected chi connectivity index (χ3v) is 5.32.